The lowest BCUT2D eigenvalue weighted by Crippen LogP contribution is -2.33. The van der Waals surface area contributed by atoms with Gasteiger partial charge in [-0.15, -0.1) is 0 Å². The third-order valence-corrected chi connectivity index (χ3v) is 1.52. The van der Waals surface area contributed by atoms with Crippen molar-refractivity contribution in [2.45, 2.75) is 24.6 Å². The molecule has 5 heteroatoms. The summed E-state index contributed by atoms with van der Waals surface area (Å²) in [5.74, 6) is 0. The van der Waals surface area contributed by atoms with E-state index in [0.717, 1.165) is 0 Å². The average molecular weight is 151 g/mol. The van der Waals surface area contributed by atoms with E-state index in [-0.39, 0.29) is 0 Å². The minimum absolute atomic E-state index is 0.407. The first kappa shape index (κ1) is 7.90. The monoisotopic (exact) mass is 151 g/mol. The molecule has 1 saturated heterocycles. The van der Waals surface area contributed by atoms with Crippen molar-refractivity contribution in [2.24, 2.45) is 0 Å². The molecule has 0 bridgehead atoms. The smallest absolute Gasteiger partial charge is 0.184 e. The number of ether oxygens (including phenoxy) is 1. The topological polar surface area (TPSA) is 90.2 Å². The van der Waals surface area contributed by atoms with E-state index >= 15 is 0 Å². The van der Waals surface area contributed by atoms with E-state index in [1.807, 2.05) is 0 Å². The van der Waals surface area contributed by atoms with Crippen LogP contribution in [-0.2, 0) is 4.74 Å². The molecule has 1 rings (SSSR count). The van der Waals surface area contributed by atoms with Crippen molar-refractivity contribution in [3.8, 4) is 0 Å². The number of aliphatic hydroxyl groups is 4. The Bertz CT molecular complexity index is 117. The van der Waals surface area contributed by atoms with Crippen LogP contribution in [0.5, 0.6) is 0 Å². The van der Waals surface area contributed by atoms with Crippen LogP contribution in [0, 0.1) is 0 Å². The van der Waals surface area contributed by atoms with Crippen LogP contribution in [0.25, 0.3) is 0 Å². The summed E-state index contributed by atoms with van der Waals surface area (Å²) in [6, 6.07) is 0. The predicted molar refractivity (Wildman–Crippen MR) is 30.0 cm³/mol. The molecule has 0 aromatic carbocycles. The Hall–Kier alpha value is -0.200. The second kappa shape index (κ2) is 2.81. The first-order valence-corrected chi connectivity index (χ1v) is 2.97. The van der Waals surface area contributed by atoms with E-state index in [0.29, 0.717) is 0 Å². The summed E-state index contributed by atoms with van der Waals surface area (Å²) < 4.78 is 4.54. The van der Waals surface area contributed by atoms with E-state index in [2.05, 4.69) is 4.74 Å². The molecule has 0 saturated carbocycles. The van der Waals surface area contributed by atoms with Gasteiger partial charge in [0.15, 0.2) is 6.29 Å². The van der Waals surface area contributed by atoms with Gasteiger partial charge in [-0.05, 0) is 0 Å². The lowest BCUT2D eigenvalue weighted by atomic mass is 10.2. The zero-order valence-corrected chi connectivity index (χ0v) is 5.21. The van der Waals surface area contributed by atoms with E-state index in [1.54, 1.807) is 0 Å². The summed E-state index contributed by atoms with van der Waals surface area (Å²) in [5.41, 5.74) is 0. The Balaban J connectivity index is 2.53. The van der Waals surface area contributed by atoms with Gasteiger partial charge in [-0.3, -0.25) is 0 Å². The highest BCUT2D eigenvalue weighted by Crippen LogP contribution is 2.18. The molecule has 10 heavy (non-hydrogen) atoms. The molecular formula is C5H10O5. The highest BCUT2D eigenvalue weighted by Gasteiger charge is 2.41. The van der Waals surface area contributed by atoms with Crippen molar-refractivity contribution < 1.29 is 25.2 Å². The van der Waals surface area contributed by atoms with Gasteiger partial charge in [0.05, 0.1) is 6.61 Å². The van der Waals surface area contributed by atoms with Gasteiger partial charge in [-0.25, -0.2) is 0 Å². The van der Waals surface area contributed by atoms with Gasteiger partial charge in [0.1, 0.15) is 18.3 Å². The molecule has 0 aromatic rings. The molecular weight excluding hydrogens is 141 g/mol. The quantitative estimate of drug-likeness (QED) is 0.309. The summed E-state index contributed by atoms with van der Waals surface area (Å²) >= 11 is 0. The third kappa shape index (κ3) is 1.14. The molecule has 0 unspecified atom stereocenters. The van der Waals surface area contributed by atoms with Crippen LogP contribution in [0.3, 0.4) is 0 Å². The number of aliphatic hydroxyl groups excluding tert-OH is 4. The van der Waals surface area contributed by atoms with Crippen molar-refractivity contribution >= 4 is 0 Å². The van der Waals surface area contributed by atoms with Crippen molar-refractivity contribution in [3.05, 3.63) is 0 Å². The second-order valence-electron chi connectivity index (χ2n) is 2.23. The standard InChI is InChI=1S/C5H10O5/c6-1-2-3(7)4(8)5(9)10-2/h2-9H,1H2/t2-,3-,4-,5+/m1/s1/i5+1. The maximum atomic E-state index is 8.93. The fourth-order valence-electron chi connectivity index (χ4n) is 0.880. The minimum Gasteiger partial charge on any atom is -0.394 e. The van der Waals surface area contributed by atoms with Crippen molar-refractivity contribution in [1.82, 2.24) is 0 Å². The lowest BCUT2D eigenvalue weighted by molar-refractivity contribution is -0.132. The molecule has 60 valence electrons. The van der Waals surface area contributed by atoms with Crippen LogP contribution in [0.15, 0.2) is 0 Å². The summed E-state index contributed by atoms with van der Waals surface area (Å²) in [6.07, 6.45) is -4.76. The van der Waals surface area contributed by atoms with E-state index in [9.17, 15) is 0 Å². The maximum Gasteiger partial charge on any atom is 0.184 e. The van der Waals surface area contributed by atoms with Crippen LogP contribution in [0.4, 0.5) is 0 Å². The molecule has 4 N–H and O–H groups in total. The fourth-order valence-corrected chi connectivity index (χ4v) is 0.880. The zero-order valence-electron chi connectivity index (χ0n) is 5.21. The Labute approximate surface area is 57.5 Å². The van der Waals surface area contributed by atoms with Crippen LogP contribution in [0.2, 0.25) is 0 Å². The normalized spacial score (nSPS) is 48.0. The van der Waals surface area contributed by atoms with Crippen LogP contribution < -0.4 is 0 Å². The van der Waals surface area contributed by atoms with Crippen molar-refractivity contribution in [1.29, 1.82) is 0 Å². The molecule has 0 amide bonds. The first-order chi connectivity index (χ1) is 4.66. The van der Waals surface area contributed by atoms with Crippen LogP contribution in [0.1, 0.15) is 0 Å². The molecule has 0 aromatic heterocycles. The van der Waals surface area contributed by atoms with E-state index in [1.165, 1.54) is 0 Å². The SMILES string of the molecule is OC[C@H]1O[13C@H](O)[C@H](O)[C@@H]1O. The number of hydrogen-bond acceptors (Lipinski definition) is 5. The summed E-state index contributed by atoms with van der Waals surface area (Å²) in [6.45, 7) is -0.407. The Morgan fingerprint density at radius 2 is 1.70 bits per heavy atom. The predicted octanol–water partition coefficient (Wildman–Crippen LogP) is -2.58. The van der Waals surface area contributed by atoms with E-state index in [4.69, 9.17) is 20.4 Å². The Kier molecular flexibility index (Phi) is 2.22. The maximum absolute atomic E-state index is 8.93. The van der Waals surface area contributed by atoms with Crippen LogP contribution >= 0.6 is 0 Å². The molecule has 5 nitrogen and oxygen atoms in total. The molecule has 1 fully saturated rings. The largest absolute Gasteiger partial charge is 0.394 e. The third-order valence-electron chi connectivity index (χ3n) is 1.52. The number of rotatable bonds is 1. The highest BCUT2D eigenvalue weighted by atomic mass is 16.7. The molecule has 0 spiro atoms. The second-order valence-corrected chi connectivity index (χ2v) is 2.23. The molecule has 0 radical (unpaired) electrons. The van der Waals surface area contributed by atoms with E-state index < -0.39 is 31.2 Å². The number of hydrogen-bond donors (Lipinski definition) is 4. The molecule has 1 aliphatic rings. The van der Waals surface area contributed by atoms with Gasteiger partial charge in [-0.1, -0.05) is 0 Å². The fraction of sp³-hybridized carbons (Fsp3) is 1.00. The van der Waals surface area contributed by atoms with Gasteiger partial charge in [-0.2, -0.15) is 0 Å². The van der Waals surface area contributed by atoms with Gasteiger partial charge < -0.3 is 25.2 Å². The highest BCUT2D eigenvalue weighted by molar-refractivity contribution is 4.84. The first-order valence-electron chi connectivity index (χ1n) is 2.97. The summed E-state index contributed by atoms with van der Waals surface area (Å²) in [5, 5.41) is 35.0. The summed E-state index contributed by atoms with van der Waals surface area (Å²) in [4.78, 5) is 0. The molecule has 4 atom stereocenters. The lowest BCUT2D eigenvalue weighted by Gasteiger charge is -2.09. The molecule has 1 aliphatic heterocycles. The summed E-state index contributed by atoms with van der Waals surface area (Å²) in [7, 11) is 0. The van der Waals surface area contributed by atoms with Gasteiger partial charge in [0.25, 0.3) is 0 Å². The minimum atomic E-state index is -1.38. The van der Waals surface area contributed by atoms with Gasteiger partial charge >= 0.3 is 0 Å². The van der Waals surface area contributed by atoms with Gasteiger partial charge in [0.2, 0.25) is 0 Å². The molecule has 0 aliphatic carbocycles. The zero-order chi connectivity index (χ0) is 7.72. The molecule has 1 heterocycles. The Morgan fingerprint density at radius 1 is 1.10 bits per heavy atom. The van der Waals surface area contributed by atoms with Crippen molar-refractivity contribution in [3.63, 3.8) is 0 Å². The Morgan fingerprint density at radius 3 is 1.90 bits per heavy atom. The average Bonchev–Trinajstić information content (AvgIpc) is 2.17. The van der Waals surface area contributed by atoms with Gasteiger partial charge in [0, 0.05) is 0 Å². The van der Waals surface area contributed by atoms with Crippen LogP contribution in [-0.4, -0.2) is 51.6 Å². The van der Waals surface area contributed by atoms with Crippen molar-refractivity contribution in [2.75, 3.05) is 6.61 Å².